The molecule has 0 saturated carbocycles. The van der Waals surface area contributed by atoms with E-state index in [1.807, 2.05) is 6.07 Å². The van der Waals surface area contributed by atoms with Crippen LogP contribution in [0.3, 0.4) is 0 Å². The molecule has 0 aliphatic carbocycles. The van der Waals surface area contributed by atoms with E-state index in [2.05, 4.69) is 0 Å². The van der Waals surface area contributed by atoms with Crippen LogP contribution in [0.4, 0.5) is 0 Å². The second-order valence-corrected chi connectivity index (χ2v) is 6.63. The van der Waals surface area contributed by atoms with Crippen LogP contribution in [0.25, 0.3) is 0 Å². The number of nitrogens with zero attached hydrogens (tertiary/aromatic N) is 2. The summed E-state index contributed by atoms with van der Waals surface area (Å²) >= 11 is 6.00. The lowest BCUT2D eigenvalue weighted by atomic mass is 10.2. The Morgan fingerprint density at radius 1 is 1.38 bits per heavy atom. The molecule has 0 fully saturated rings. The van der Waals surface area contributed by atoms with E-state index in [4.69, 9.17) is 21.3 Å². The molecule has 1 heterocycles. The molecule has 0 N–H and O–H groups in total. The first-order valence-electron chi connectivity index (χ1n) is 6.20. The first-order valence-corrected chi connectivity index (χ1v) is 8.01. The van der Waals surface area contributed by atoms with Crippen molar-refractivity contribution in [2.24, 2.45) is 0 Å². The molecule has 0 aliphatic rings. The molecule has 0 bridgehead atoms. The number of rotatable bonds is 5. The molecular formula is C14H13ClN2O3S. The third-order valence-corrected chi connectivity index (χ3v) is 5.37. The maximum Gasteiger partial charge on any atom is 0.244 e. The average Bonchev–Trinajstić information content (AvgIpc) is 2.97. The van der Waals surface area contributed by atoms with Crippen molar-refractivity contribution in [2.75, 3.05) is 6.54 Å². The molecule has 2 rings (SSSR count). The number of nitriles is 1. The van der Waals surface area contributed by atoms with Crippen molar-refractivity contribution in [3.8, 4) is 6.07 Å². The van der Waals surface area contributed by atoms with Gasteiger partial charge in [0.25, 0.3) is 0 Å². The molecule has 0 aliphatic heterocycles. The summed E-state index contributed by atoms with van der Waals surface area (Å²) in [5.41, 5.74) is 1.07. The minimum Gasteiger partial charge on any atom is -0.472 e. The van der Waals surface area contributed by atoms with E-state index >= 15 is 0 Å². The lowest BCUT2D eigenvalue weighted by Crippen LogP contribution is -2.30. The Labute approximate surface area is 128 Å². The fraction of sp³-hybridized carbons (Fsp3) is 0.214. The Morgan fingerprint density at radius 2 is 2.14 bits per heavy atom. The molecule has 0 amide bonds. The number of sulfonamides is 1. The Bertz CT molecular complexity index is 764. The first-order chi connectivity index (χ1) is 9.98. The molecule has 0 unspecified atom stereocenters. The molecule has 0 spiro atoms. The lowest BCUT2D eigenvalue weighted by molar-refractivity contribution is 0.421. The van der Waals surface area contributed by atoms with Crippen LogP contribution < -0.4 is 0 Å². The highest BCUT2D eigenvalue weighted by Gasteiger charge is 2.26. The van der Waals surface area contributed by atoms with Gasteiger partial charge in [0.15, 0.2) is 0 Å². The predicted octanol–water partition coefficient (Wildman–Crippen LogP) is 3.02. The topological polar surface area (TPSA) is 74.3 Å². The Kier molecular flexibility index (Phi) is 4.68. The van der Waals surface area contributed by atoms with Gasteiger partial charge in [-0.15, -0.1) is 0 Å². The van der Waals surface area contributed by atoms with Crippen molar-refractivity contribution in [3.05, 3.63) is 52.9 Å². The molecule has 110 valence electrons. The quantitative estimate of drug-likeness (QED) is 0.847. The zero-order valence-electron chi connectivity index (χ0n) is 11.3. The molecular weight excluding hydrogens is 312 g/mol. The SMILES string of the molecule is CCN(Cc1ccoc1)S(=O)(=O)c1ccc(C#N)cc1Cl. The standard InChI is InChI=1S/C14H13ClN2O3S/c1-2-17(9-12-5-6-20-10-12)21(18,19)14-4-3-11(8-16)7-13(14)15/h3-7,10H,2,9H2,1H3. The monoisotopic (exact) mass is 324 g/mol. The Hall–Kier alpha value is -1.81. The highest BCUT2D eigenvalue weighted by molar-refractivity contribution is 7.89. The van der Waals surface area contributed by atoms with Gasteiger partial charge >= 0.3 is 0 Å². The van der Waals surface area contributed by atoms with Gasteiger partial charge < -0.3 is 4.42 Å². The first kappa shape index (κ1) is 15.6. The van der Waals surface area contributed by atoms with Crippen LogP contribution in [0, 0.1) is 11.3 Å². The number of hydrogen-bond donors (Lipinski definition) is 0. The average molecular weight is 325 g/mol. The number of benzene rings is 1. The summed E-state index contributed by atoms with van der Waals surface area (Å²) in [5.74, 6) is 0. The smallest absolute Gasteiger partial charge is 0.244 e. The Balaban J connectivity index is 2.38. The van der Waals surface area contributed by atoms with E-state index < -0.39 is 10.0 Å². The summed E-state index contributed by atoms with van der Waals surface area (Å²) in [6, 6.07) is 7.77. The summed E-state index contributed by atoms with van der Waals surface area (Å²) in [5, 5.41) is 8.84. The maximum atomic E-state index is 12.6. The van der Waals surface area contributed by atoms with Gasteiger partial charge in [0.1, 0.15) is 4.90 Å². The van der Waals surface area contributed by atoms with Gasteiger partial charge in [-0.25, -0.2) is 8.42 Å². The molecule has 7 heteroatoms. The highest BCUT2D eigenvalue weighted by Crippen LogP contribution is 2.26. The third kappa shape index (κ3) is 3.27. The molecule has 0 atom stereocenters. The number of furan rings is 1. The molecule has 0 saturated heterocycles. The predicted molar refractivity (Wildman–Crippen MR) is 78.1 cm³/mol. The zero-order valence-corrected chi connectivity index (χ0v) is 12.9. The summed E-state index contributed by atoms with van der Waals surface area (Å²) in [4.78, 5) is -0.00601. The van der Waals surface area contributed by atoms with Crippen LogP contribution in [0.15, 0.2) is 46.1 Å². The van der Waals surface area contributed by atoms with Gasteiger partial charge in [-0.2, -0.15) is 9.57 Å². The van der Waals surface area contributed by atoms with E-state index in [0.29, 0.717) is 12.1 Å². The zero-order chi connectivity index (χ0) is 15.5. The largest absolute Gasteiger partial charge is 0.472 e. The molecule has 1 aromatic carbocycles. The van der Waals surface area contributed by atoms with Crippen LogP contribution >= 0.6 is 11.6 Å². The van der Waals surface area contributed by atoms with Gasteiger partial charge in [-0.3, -0.25) is 0 Å². The van der Waals surface area contributed by atoms with Crippen molar-refractivity contribution < 1.29 is 12.8 Å². The van der Waals surface area contributed by atoms with E-state index in [-0.39, 0.29) is 16.5 Å². The molecule has 0 radical (unpaired) electrons. The van der Waals surface area contributed by atoms with E-state index in [1.54, 1.807) is 13.0 Å². The van der Waals surface area contributed by atoms with Gasteiger partial charge in [-0.1, -0.05) is 18.5 Å². The van der Waals surface area contributed by atoms with E-state index in [1.165, 1.54) is 35.0 Å². The van der Waals surface area contributed by atoms with Crippen LogP contribution in [-0.4, -0.2) is 19.3 Å². The number of hydrogen-bond acceptors (Lipinski definition) is 4. The van der Waals surface area contributed by atoms with Crippen molar-refractivity contribution in [1.29, 1.82) is 5.26 Å². The minimum absolute atomic E-state index is 0.00601. The van der Waals surface area contributed by atoms with Crippen LogP contribution in [0.2, 0.25) is 5.02 Å². The third-order valence-electron chi connectivity index (χ3n) is 2.97. The summed E-state index contributed by atoms with van der Waals surface area (Å²) < 4.78 is 31.5. The van der Waals surface area contributed by atoms with E-state index in [0.717, 1.165) is 5.56 Å². The van der Waals surface area contributed by atoms with Gasteiger partial charge in [0.05, 0.1) is 29.2 Å². The fourth-order valence-electron chi connectivity index (χ4n) is 1.87. The second kappa shape index (κ2) is 6.31. The van der Waals surface area contributed by atoms with Crippen LogP contribution in [0.1, 0.15) is 18.1 Å². The van der Waals surface area contributed by atoms with E-state index in [9.17, 15) is 8.42 Å². The van der Waals surface area contributed by atoms with Crippen LogP contribution in [-0.2, 0) is 16.6 Å². The van der Waals surface area contributed by atoms with Crippen molar-refractivity contribution >= 4 is 21.6 Å². The van der Waals surface area contributed by atoms with Crippen molar-refractivity contribution in [3.63, 3.8) is 0 Å². The maximum absolute atomic E-state index is 12.6. The molecule has 2 aromatic rings. The van der Waals surface area contributed by atoms with Gasteiger partial charge in [-0.05, 0) is 24.3 Å². The number of halogens is 1. The normalized spacial score (nSPS) is 11.5. The van der Waals surface area contributed by atoms with Gasteiger partial charge in [0.2, 0.25) is 10.0 Å². The van der Waals surface area contributed by atoms with Crippen LogP contribution in [0.5, 0.6) is 0 Å². The minimum atomic E-state index is -3.73. The van der Waals surface area contributed by atoms with Crippen molar-refractivity contribution in [2.45, 2.75) is 18.4 Å². The molecule has 5 nitrogen and oxygen atoms in total. The molecule has 1 aromatic heterocycles. The van der Waals surface area contributed by atoms with Gasteiger partial charge in [0, 0.05) is 18.7 Å². The fourth-order valence-corrected chi connectivity index (χ4v) is 3.83. The summed E-state index contributed by atoms with van der Waals surface area (Å²) in [6.07, 6.45) is 2.99. The summed E-state index contributed by atoms with van der Waals surface area (Å²) in [6.45, 7) is 2.24. The Morgan fingerprint density at radius 3 is 2.67 bits per heavy atom. The molecule has 21 heavy (non-hydrogen) atoms. The lowest BCUT2D eigenvalue weighted by Gasteiger charge is -2.20. The highest BCUT2D eigenvalue weighted by atomic mass is 35.5. The summed E-state index contributed by atoms with van der Waals surface area (Å²) in [7, 11) is -3.73. The second-order valence-electron chi connectivity index (χ2n) is 4.32. The van der Waals surface area contributed by atoms with Crippen molar-refractivity contribution in [1.82, 2.24) is 4.31 Å².